The van der Waals surface area contributed by atoms with Crippen molar-refractivity contribution in [1.82, 2.24) is 0 Å². The van der Waals surface area contributed by atoms with Crippen molar-refractivity contribution < 1.29 is 14.2 Å². The Balaban J connectivity index is 1.66. The Labute approximate surface area is 198 Å². The number of hydrogen-bond donors (Lipinski definition) is 1. The number of anilines is 2. The van der Waals surface area contributed by atoms with Crippen LogP contribution >= 0.6 is 0 Å². The second-order valence-corrected chi connectivity index (χ2v) is 10.8. The zero-order valence-electron chi connectivity index (χ0n) is 21.3. The maximum absolute atomic E-state index is 5.85. The first-order valence-corrected chi connectivity index (χ1v) is 11.7. The molecule has 0 aliphatic carbocycles. The molecule has 184 valence electrons. The molecular weight excluding hydrogens is 418 g/mol. The summed E-state index contributed by atoms with van der Waals surface area (Å²) < 4.78 is 17.4. The number of benzene rings is 1. The van der Waals surface area contributed by atoms with Gasteiger partial charge >= 0.3 is 0 Å². The summed E-state index contributed by atoms with van der Waals surface area (Å²) in [5.74, 6) is 5.75. The average molecular weight is 460 g/mol. The first-order valence-electron chi connectivity index (χ1n) is 11.7. The number of hydrogen-bond acceptors (Lipinski definition) is 8. The molecule has 2 aliphatic rings. The van der Waals surface area contributed by atoms with Crippen LogP contribution in [0.5, 0.6) is 0 Å². The summed E-state index contributed by atoms with van der Waals surface area (Å²) in [7, 11) is 4.05. The number of ether oxygens (including phenoxy) is 3. The van der Waals surface area contributed by atoms with Gasteiger partial charge in [-0.05, 0) is 32.0 Å². The van der Waals surface area contributed by atoms with E-state index < -0.39 is 0 Å². The van der Waals surface area contributed by atoms with Gasteiger partial charge in [0.25, 0.3) is 0 Å². The van der Waals surface area contributed by atoms with E-state index in [4.69, 9.17) is 20.1 Å². The summed E-state index contributed by atoms with van der Waals surface area (Å²) in [6.07, 6.45) is 1.64. The van der Waals surface area contributed by atoms with Crippen LogP contribution in [0.3, 0.4) is 0 Å². The minimum Gasteiger partial charge on any atom is -0.378 e. The molecule has 2 aliphatic heterocycles. The van der Waals surface area contributed by atoms with E-state index in [1.807, 2.05) is 14.1 Å². The molecule has 0 spiro atoms. The number of hydrazone groups is 1. The highest BCUT2D eigenvalue weighted by Gasteiger charge is 2.39. The fourth-order valence-electron chi connectivity index (χ4n) is 4.05. The maximum Gasteiger partial charge on any atom is 0.176 e. The molecule has 2 saturated heterocycles. The molecule has 8 heteroatoms. The Morgan fingerprint density at radius 1 is 1.24 bits per heavy atom. The minimum absolute atomic E-state index is 0.0435. The van der Waals surface area contributed by atoms with Gasteiger partial charge in [-0.2, -0.15) is 5.10 Å². The molecule has 0 amide bonds. The molecule has 0 saturated carbocycles. The van der Waals surface area contributed by atoms with Gasteiger partial charge in [0, 0.05) is 61.2 Å². The van der Waals surface area contributed by atoms with Crippen LogP contribution in [0.15, 0.2) is 28.3 Å². The molecule has 0 aromatic heterocycles. The summed E-state index contributed by atoms with van der Waals surface area (Å²) in [4.78, 5) is 8.96. The normalized spacial score (nSPS) is 21.0. The molecule has 1 aromatic rings. The Hall–Kier alpha value is -2.16. The lowest BCUT2D eigenvalue weighted by atomic mass is 9.82. The molecule has 0 bridgehead atoms. The number of nitrogens with two attached hydrogens (primary N) is 1. The second kappa shape index (κ2) is 10.4. The molecule has 0 radical (unpaired) electrons. The van der Waals surface area contributed by atoms with Gasteiger partial charge in [-0.15, -0.1) is 0 Å². The minimum atomic E-state index is -0.329. The zero-order chi connectivity index (χ0) is 24.2. The number of nitrogens with zero attached hydrogens (tertiary/aromatic N) is 4. The van der Waals surface area contributed by atoms with Crippen LogP contribution < -0.4 is 15.6 Å². The second-order valence-electron chi connectivity index (χ2n) is 10.8. The van der Waals surface area contributed by atoms with Gasteiger partial charge in [0.2, 0.25) is 0 Å². The van der Waals surface area contributed by atoms with Crippen molar-refractivity contribution in [2.45, 2.75) is 47.0 Å². The number of rotatable bonds is 9. The van der Waals surface area contributed by atoms with Crippen LogP contribution in [0.2, 0.25) is 0 Å². The number of aliphatic imine (C=N–C) groups is 1. The van der Waals surface area contributed by atoms with Gasteiger partial charge in [-0.1, -0.05) is 20.8 Å². The summed E-state index contributed by atoms with van der Waals surface area (Å²) >= 11 is 0. The van der Waals surface area contributed by atoms with Crippen LogP contribution in [-0.2, 0) is 14.2 Å². The largest absolute Gasteiger partial charge is 0.378 e. The van der Waals surface area contributed by atoms with Crippen LogP contribution in [0.4, 0.5) is 11.4 Å². The molecule has 2 heterocycles. The van der Waals surface area contributed by atoms with E-state index in [9.17, 15) is 0 Å². The topological polar surface area (TPSA) is 84.9 Å². The highest BCUT2D eigenvalue weighted by atomic mass is 16.7. The van der Waals surface area contributed by atoms with Gasteiger partial charge in [0.15, 0.2) is 6.29 Å². The monoisotopic (exact) mass is 459 g/mol. The standard InChI is InChI=1S/C25H41N5O3/c1-18(2)31-17-25(5)13-30(14-25)19-8-9-20(22(10-19)29(6)7)21(28-26)11-27-12-23-32-15-24(3,4)16-33-23/h8-11,18,23H,12-17,26H2,1-7H3/b27-11?,28-21+. The highest BCUT2D eigenvalue weighted by molar-refractivity contribution is 6.39. The third-order valence-corrected chi connectivity index (χ3v) is 5.94. The fraction of sp³-hybridized carbons (Fsp3) is 0.680. The molecule has 2 N–H and O–H groups in total. The molecule has 1 aromatic carbocycles. The lowest BCUT2D eigenvalue weighted by Crippen LogP contribution is -2.57. The van der Waals surface area contributed by atoms with Gasteiger partial charge < -0.3 is 29.9 Å². The smallest absolute Gasteiger partial charge is 0.176 e. The Morgan fingerprint density at radius 2 is 1.91 bits per heavy atom. The van der Waals surface area contributed by atoms with Crippen molar-refractivity contribution in [3.63, 3.8) is 0 Å². The zero-order valence-corrected chi connectivity index (χ0v) is 21.3. The van der Waals surface area contributed by atoms with E-state index in [1.165, 1.54) is 5.69 Å². The van der Waals surface area contributed by atoms with E-state index in [0.29, 0.717) is 25.5 Å². The molecule has 3 rings (SSSR count). The Morgan fingerprint density at radius 3 is 2.48 bits per heavy atom. The third kappa shape index (κ3) is 6.68. The molecule has 8 nitrogen and oxygen atoms in total. The van der Waals surface area contributed by atoms with E-state index >= 15 is 0 Å². The van der Waals surface area contributed by atoms with Crippen molar-refractivity contribution in [2.75, 3.05) is 63.4 Å². The Kier molecular flexibility index (Phi) is 8.03. The van der Waals surface area contributed by atoms with E-state index in [1.54, 1.807) is 6.21 Å². The fourth-order valence-corrected chi connectivity index (χ4v) is 4.05. The van der Waals surface area contributed by atoms with Gasteiger partial charge in [0.05, 0.1) is 32.5 Å². The van der Waals surface area contributed by atoms with E-state index in [2.05, 4.69) is 72.7 Å². The van der Waals surface area contributed by atoms with Crippen LogP contribution in [0, 0.1) is 10.8 Å². The highest BCUT2D eigenvalue weighted by Crippen LogP contribution is 2.37. The summed E-state index contributed by atoms with van der Waals surface area (Å²) in [6.45, 7) is 15.2. The van der Waals surface area contributed by atoms with E-state index in [-0.39, 0.29) is 23.2 Å². The summed E-state index contributed by atoms with van der Waals surface area (Å²) in [5, 5.41) is 4.01. The van der Waals surface area contributed by atoms with E-state index in [0.717, 1.165) is 30.9 Å². The third-order valence-electron chi connectivity index (χ3n) is 5.94. The van der Waals surface area contributed by atoms with Gasteiger partial charge in [-0.25, -0.2) is 0 Å². The lowest BCUT2D eigenvalue weighted by molar-refractivity contribution is -0.215. The van der Waals surface area contributed by atoms with Crippen molar-refractivity contribution >= 4 is 23.3 Å². The van der Waals surface area contributed by atoms with Crippen molar-refractivity contribution in [1.29, 1.82) is 0 Å². The predicted molar refractivity (Wildman–Crippen MR) is 136 cm³/mol. The van der Waals surface area contributed by atoms with Crippen LogP contribution in [0.1, 0.15) is 40.2 Å². The predicted octanol–water partition coefficient (Wildman–Crippen LogP) is 3.14. The first kappa shape index (κ1) is 25.5. The maximum atomic E-state index is 5.85. The molecular formula is C25H41N5O3. The lowest BCUT2D eigenvalue weighted by Gasteiger charge is -2.49. The molecule has 0 atom stereocenters. The SMILES string of the molecule is CC(C)OCC1(C)CN(c2ccc(/C(C=NCC3OCC(C)(C)CO3)=N/N)c(N(C)C)c2)C1. The average Bonchev–Trinajstić information content (AvgIpc) is 2.74. The van der Waals surface area contributed by atoms with Crippen LogP contribution in [-0.4, -0.2) is 77.9 Å². The van der Waals surface area contributed by atoms with Crippen molar-refractivity contribution in [3.05, 3.63) is 23.8 Å². The molecule has 2 fully saturated rings. The summed E-state index contributed by atoms with van der Waals surface area (Å²) in [5.41, 5.74) is 4.03. The Bertz CT molecular complexity index is 850. The van der Waals surface area contributed by atoms with Gasteiger partial charge in [-0.3, -0.25) is 4.99 Å². The quantitative estimate of drug-likeness (QED) is 0.347. The molecule has 0 unspecified atom stereocenters. The summed E-state index contributed by atoms with van der Waals surface area (Å²) in [6, 6.07) is 6.38. The van der Waals surface area contributed by atoms with Crippen molar-refractivity contribution in [2.24, 2.45) is 26.8 Å². The van der Waals surface area contributed by atoms with Crippen LogP contribution in [0.25, 0.3) is 0 Å². The van der Waals surface area contributed by atoms with Gasteiger partial charge in [0.1, 0.15) is 5.71 Å². The van der Waals surface area contributed by atoms with Crippen molar-refractivity contribution in [3.8, 4) is 0 Å². The first-order chi connectivity index (χ1) is 15.5. The molecule has 33 heavy (non-hydrogen) atoms.